The number of hydrogen-bond acceptors (Lipinski definition) is 4. The lowest BCUT2D eigenvalue weighted by atomic mass is 10.1. The largest absolute Gasteiger partial charge is 0.350 e. The maximum atomic E-state index is 13.5. The molecule has 5 heteroatoms. The topological polar surface area (TPSA) is 49.4 Å². The summed E-state index contributed by atoms with van der Waals surface area (Å²) in [6.07, 6.45) is 0. The number of nitrogens with zero attached hydrogens (tertiary/aromatic N) is 1. The standard InChI is InChI=1S/C24H22N2O2S/c1-14-10-11-16(3)19(13-14)26-23(27)21(20-9-6-12-29-20)22(24(26)28)25-18-8-5-7-15(2)17(18)4/h5-13,25H,1-4H3. The predicted molar refractivity (Wildman–Crippen MR) is 119 cm³/mol. The molecule has 0 atom stereocenters. The zero-order valence-electron chi connectivity index (χ0n) is 16.9. The Morgan fingerprint density at radius 2 is 1.66 bits per heavy atom. The number of hydrogen-bond donors (Lipinski definition) is 1. The first-order chi connectivity index (χ1) is 13.9. The van der Waals surface area contributed by atoms with Crippen LogP contribution in [0.1, 0.15) is 27.1 Å². The minimum absolute atomic E-state index is 0.293. The number of nitrogens with one attached hydrogen (secondary N) is 1. The van der Waals surface area contributed by atoms with E-state index in [0.717, 1.165) is 32.8 Å². The van der Waals surface area contributed by atoms with Crippen LogP contribution in [-0.2, 0) is 9.59 Å². The molecule has 0 saturated heterocycles. The van der Waals surface area contributed by atoms with Gasteiger partial charge < -0.3 is 5.32 Å². The van der Waals surface area contributed by atoms with Crippen molar-refractivity contribution >= 4 is 40.1 Å². The molecule has 0 aliphatic carbocycles. The van der Waals surface area contributed by atoms with Crippen molar-refractivity contribution in [3.63, 3.8) is 0 Å². The summed E-state index contributed by atoms with van der Waals surface area (Å²) in [6, 6.07) is 15.5. The smallest absolute Gasteiger partial charge is 0.282 e. The van der Waals surface area contributed by atoms with Crippen LogP contribution < -0.4 is 10.2 Å². The van der Waals surface area contributed by atoms with Crippen molar-refractivity contribution in [2.75, 3.05) is 10.2 Å². The van der Waals surface area contributed by atoms with Crippen LogP contribution in [0, 0.1) is 27.7 Å². The number of rotatable bonds is 4. The Labute approximate surface area is 174 Å². The van der Waals surface area contributed by atoms with E-state index in [1.54, 1.807) is 0 Å². The fourth-order valence-electron chi connectivity index (χ4n) is 3.50. The molecule has 29 heavy (non-hydrogen) atoms. The van der Waals surface area contributed by atoms with Crippen molar-refractivity contribution in [1.82, 2.24) is 0 Å². The second-order valence-electron chi connectivity index (χ2n) is 7.34. The molecule has 0 radical (unpaired) electrons. The molecule has 2 heterocycles. The number of imide groups is 1. The van der Waals surface area contributed by atoms with Crippen molar-refractivity contribution in [2.24, 2.45) is 0 Å². The van der Waals surface area contributed by atoms with E-state index in [2.05, 4.69) is 5.32 Å². The normalized spacial score (nSPS) is 14.1. The van der Waals surface area contributed by atoms with Crippen LogP contribution in [0.25, 0.3) is 5.57 Å². The van der Waals surface area contributed by atoms with Gasteiger partial charge in [-0.25, -0.2) is 4.90 Å². The van der Waals surface area contributed by atoms with Gasteiger partial charge in [0.1, 0.15) is 5.70 Å². The van der Waals surface area contributed by atoms with Gasteiger partial charge >= 0.3 is 0 Å². The van der Waals surface area contributed by atoms with Crippen LogP contribution in [0.4, 0.5) is 11.4 Å². The lowest BCUT2D eigenvalue weighted by molar-refractivity contribution is -0.120. The Morgan fingerprint density at radius 1 is 0.862 bits per heavy atom. The van der Waals surface area contributed by atoms with Crippen molar-refractivity contribution in [2.45, 2.75) is 27.7 Å². The minimum Gasteiger partial charge on any atom is -0.350 e. The van der Waals surface area contributed by atoms with E-state index in [0.29, 0.717) is 17.0 Å². The molecule has 0 bridgehead atoms. The maximum absolute atomic E-state index is 13.5. The zero-order valence-corrected chi connectivity index (χ0v) is 17.7. The molecule has 0 saturated carbocycles. The summed E-state index contributed by atoms with van der Waals surface area (Å²) in [5, 5.41) is 5.19. The monoisotopic (exact) mass is 402 g/mol. The number of thiophene rings is 1. The van der Waals surface area contributed by atoms with E-state index in [-0.39, 0.29) is 11.8 Å². The number of amides is 2. The third-order valence-electron chi connectivity index (χ3n) is 5.32. The van der Waals surface area contributed by atoms with Crippen molar-refractivity contribution in [3.05, 3.63) is 86.7 Å². The second kappa shape index (κ2) is 7.33. The van der Waals surface area contributed by atoms with E-state index < -0.39 is 0 Å². The van der Waals surface area contributed by atoms with Crippen LogP contribution in [0.5, 0.6) is 0 Å². The molecule has 1 aromatic heterocycles. The number of anilines is 2. The van der Waals surface area contributed by atoms with Gasteiger partial charge in [0, 0.05) is 10.6 Å². The summed E-state index contributed by atoms with van der Waals surface area (Å²) < 4.78 is 0. The highest BCUT2D eigenvalue weighted by atomic mass is 32.1. The Morgan fingerprint density at radius 3 is 2.38 bits per heavy atom. The number of carbonyl (C=O) groups excluding carboxylic acids is 2. The first-order valence-electron chi connectivity index (χ1n) is 9.46. The molecular weight excluding hydrogens is 380 g/mol. The van der Waals surface area contributed by atoms with E-state index >= 15 is 0 Å². The van der Waals surface area contributed by atoms with Crippen molar-refractivity contribution in [3.8, 4) is 0 Å². The van der Waals surface area contributed by atoms with Gasteiger partial charge in [-0.3, -0.25) is 9.59 Å². The lowest BCUT2D eigenvalue weighted by Gasteiger charge is -2.18. The molecule has 1 aliphatic rings. The molecule has 0 fully saturated rings. The molecule has 2 amide bonds. The summed E-state index contributed by atoms with van der Waals surface area (Å²) in [7, 11) is 0. The molecular formula is C24H22N2O2S. The van der Waals surface area contributed by atoms with E-state index in [1.807, 2.05) is 81.6 Å². The molecule has 146 valence electrons. The van der Waals surface area contributed by atoms with Gasteiger partial charge in [-0.15, -0.1) is 11.3 Å². The fraction of sp³-hybridized carbons (Fsp3) is 0.167. The molecule has 2 aromatic carbocycles. The van der Waals surface area contributed by atoms with Gasteiger partial charge in [-0.1, -0.05) is 30.3 Å². The van der Waals surface area contributed by atoms with Gasteiger partial charge in [-0.2, -0.15) is 0 Å². The summed E-state index contributed by atoms with van der Waals surface area (Å²) in [6.45, 7) is 7.90. The average molecular weight is 403 g/mol. The van der Waals surface area contributed by atoms with Crippen LogP contribution >= 0.6 is 11.3 Å². The summed E-state index contributed by atoms with van der Waals surface area (Å²) >= 11 is 1.45. The van der Waals surface area contributed by atoms with Gasteiger partial charge in [0.25, 0.3) is 11.8 Å². The highest BCUT2D eigenvalue weighted by Gasteiger charge is 2.41. The fourth-order valence-corrected chi connectivity index (χ4v) is 4.26. The molecule has 0 spiro atoms. The van der Waals surface area contributed by atoms with Crippen molar-refractivity contribution in [1.29, 1.82) is 0 Å². The molecule has 0 unspecified atom stereocenters. The van der Waals surface area contributed by atoms with Gasteiger partial charge in [0.05, 0.1) is 11.3 Å². The van der Waals surface area contributed by atoms with Gasteiger partial charge in [0.15, 0.2) is 0 Å². The molecule has 3 aromatic rings. The molecule has 4 rings (SSSR count). The van der Waals surface area contributed by atoms with Crippen LogP contribution in [-0.4, -0.2) is 11.8 Å². The van der Waals surface area contributed by atoms with E-state index in [9.17, 15) is 9.59 Å². The summed E-state index contributed by atoms with van der Waals surface area (Å²) in [5.74, 6) is -0.619. The highest BCUT2D eigenvalue weighted by molar-refractivity contribution is 7.11. The third-order valence-corrected chi connectivity index (χ3v) is 6.21. The van der Waals surface area contributed by atoms with Gasteiger partial charge in [-0.05, 0) is 73.5 Å². The number of carbonyl (C=O) groups is 2. The Kier molecular flexibility index (Phi) is 4.84. The van der Waals surface area contributed by atoms with E-state index in [1.165, 1.54) is 16.2 Å². The first-order valence-corrected chi connectivity index (χ1v) is 10.3. The lowest BCUT2D eigenvalue weighted by Crippen LogP contribution is -2.33. The Bertz CT molecular complexity index is 1160. The quantitative estimate of drug-likeness (QED) is 0.596. The first kappa shape index (κ1) is 19.2. The van der Waals surface area contributed by atoms with Crippen LogP contribution in [0.2, 0.25) is 0 Å². The SMILES string of the molecule is Cc1ccc(C)c(N2C(=O)C(Nc3cccc(C)c3C)=C(c3cccs3)C2=O)c1. The third kappa shape index (κ3) is 3.28. The summed E-state index contributed by atoms with van der Waals surface area (Å²) in [4.78, 5) is 29.0. The highest BCUT2D eigenvalue weighted by Crippen LogP contribution is 2.37. The Hall–Kier alpha value is -3.18. The molecule has 1 N–H and O–H groups in total. The Balaban J connectivity index is 1.85. The minimum atomic E-state index is -0.326. The maximum Gasteiger partial charge on any atom is 0.282 e. The molecule has 4 nitrogen and oxygen atoms in total. The van der Waals surface area contributed by atoms with Gasteiger partial charge in [0.2, 0.25) is 0 Å². The average Bonchev–Trinajstić information content (AvgIpc) is 3.28. The number of benzene rings is 2. The predicted octanol–water partition coefficient (Wildman–Crippen LogP) is 5.38. The van der Waals surface area contributed by atoms with Crippen LogP contribution in [0.15, 0.2) is 59.6 Å². The second-order valence-corrected chi connectivity index (χ2v) is 8.28. The zero-order chi connectivity index (χ0) is 20.7. The molecule has 1 aliphatic heterocycles. The summed E-state index contributed by atoms with van der Waals surface area (Å²) in [5.41, 5.74) is 6.27. The van der Waals surface area contributed by atoms with E-state index in [4.69, 9.17) is 0 Å². The number of aryl methyl sites for hydroxylation is 3. The van der Waals surface area contributed by atoms with Crippen LogP contribution in [0.3, 0.4) is 0 Å². The van der Waals surface area contributed by atoms with Crippen molar-refractivity contribution < 1.29 is 9.59 Å².